The van der Waals surface area contributed by atoms with E-state index in [0.717, 1.165) is 22.0 Å². The van der Waals surface area contributed by atoms with Crippen molar-refractivity contribution >= 4 is 16.6 Å². The van der Waals surface area contributed by atoms with E-state index < -0.39 is 0 Å². The Kier molecular flexibility index (Phi) is 5.55. The predicted octanol–water partition coefficient (Wildman–Crippen LogP) is 5.79. The number of para-hydroxylation sites is 1. The first-order chi connectivity index (χ1) is 15.0. The lowest BCUT2D eigenvalue weighted by Gasteiger charge is -2.15. The third kappa shape index (κ3) is 3.93. The molecule has 0 aliphatic heterocycles. The summed E-state index contributed by atoms with van der Waals surface area (Å²) in [7, 11) is 1.62. The van der Waals surface area contributed by atoms with Crippen LogP contribution in [0.1, 0.15) is 30.9 Å². The molecule has 0 fully saturated rings. The van der Waals surface area contributed by atoms with Crippen LogP contribution in [0.3, 0.4) is 0 Å². The molecule has 0 atom stereocenters. The number of hydrogen-bond acceptors (Lipinski definition) is 3. The lowest BCUT2D eigenvalue weighted by atomic mass is 9.99. The molecule has 0 aliphatic carbocycles. The lowest BCUT2D eigenvalue weighted by molar-refractivity contribution is 0.415. The van der Waals surface area contributed by atoms with Gasteiger partial charge < -0.3 is 4.74 Å². The zero-order chi connectivity index (χ0) is 22.0. The molecular weight excluding hydrogens is 386 g/mol. The van der Waals surface area contributed by atoms with E-state index in [1.165, 1.54) is 5.56 Å². The van der Waals surface area contributed by atoms with Gasteiger partial charge in [-0.15, -0.1) is 0 Å². The van der Waals surface area contributed by atoms with Crippen LogP contribution in [0.25, 0.3) is 27.0 Å². The molecule has 3 aromatic carbocycles. The zero-order valence-corrected chi connectivity index (χ0v) is 17.8. The molecule has 1 aromatic heterocycles. The van der Waals surface area contributed by atoms with Crippen molar-refractivity contribution in [2.45, 2.75) is 26.3 Å². The van der Waals surface area contributed by atoms with Crippen molar-refractivity contribution in [3.05, 3.63) is 99.8 Å². The second kappa shape index (κ2) is 8.45. The average Bonchev–Trinajstić information content (AvgIpc) is 2.80. The highest BCUT2D eigenvalue weighted by atomic mass is 16.5. The van der Waals surface area contributed by atoms with Gasteiger partial charge in [0.2, 0.25) is 0 Å². The number of nitrogens with zero attached hydrogens (tertiary/aromatic N) is 3. The first-order valence-corrected chi connectivity index (χ1v) is 10.2. The molecule has 5 nitrogen and oxygen atoms in total. The van der Waals surface area contributed by atoms with Gasteiger partial charge in [-0.2, -0.15) is 4.98 Å². The molecule has 1 heterocycles. The standard InChI is InChI=1S/C26H23N3O2/c1-17(2)18-9-11-19(12-10-18)25-22-15-21(31-4)13-14-24(22)29(26(30)28-25)16-20-7-5-6-8-23(20)27-3/h5-15,17H,16H2,1-2,4H3. The number of hydrogen-bond donors (Lipinski definition) is 0. The SMILES string of the molecule is [C-]#[N+]c1ccccc1Cn1c(=O)nc(-c2ccc(C(C)C)cc2)c2cc(OC)ccc21. The quantitative estimate of drug-likeness (QED) is 0.392. The van der Waals surface area contributed by atoms with Crippen molar-refractivity contribution in [1.82, 2.24) is 9.55 Å². The summed E-state index contributed by atoms with van der Waals surface area (Å²) in [6.45, 7) is 12.0. The Labute approximate surface area is 181 Å². The molecular formula is C26H23N3O2. The molecule has 154 valence electrons. The Bertz CT molecular complexity index is 1350. The van der Waals surface area contributed by atoms with Crippen molar-refractivity contribution in [2.75, 3.05) is 7.11 Å². The molecule has 0 saturated carbocycles. The average molecular weight is 409 g/mol. The Balaban J connectivity index is 1.92. The van der Waals surface area contributed by atoms with E-state index in [-0.39, 0.29) is 12.2 Å². The van der Waals surface area contributed by atoms with Gasteiger partial charge in [-0.05, 0) is 35.2 Å². The van der Waals surface area contributed by atoms with E-state index in [0.29, 0.717) is 23.0 Å². The molecule has 0 radical (unpaired) electrons. The molecule has 0 N–H and O–H groups in total. The summed E-state index contributed by atoms with van der Waals surface area (Å²) in [6.07, 6.45) is 0. The van der Waals surface area contributed by atoms with E-state index in [2.05, 4.69) is 35.8 Å². The Morgan fingerprint density at radius 2 is 1.81 bits per heavy atom. The summed E-state index contributed by atoms with van der Waals surface area (Å²) in [4.78, 5) is 21.1. The van der Waals surface area contributed by atoms with Gasteiger partial charge in [-0.3, -0.25) is 4.57 Å². The fraction of sp³-hybridized carbons (Fsp3) is 0.192. The van der Waals surface area contributed by atoms with E-state index in [1.54, 1.807) is 17.7 Å². The molecule has 0 spiro atoms. The topological polar surface area (TPSA) is 48.5 Å². The minimum absolute atomic E-state index is 0.278. The van der Waals surface area contributed by atoms with Crippen molar-refractivity contribution in [1.29, 1.82) is 0 Å². The van der Waals surface area contributed by atoms with Crippen LogP contribution in [0, 0.1) is 6.57 Å². The van der Waals surface area contributed by atoms with E-state index in [1.807, 2.05) is 48.5 Å². The van der Waals surface area contributed by atoms with Crippen molar-refractivity contribution in [3.63, 3.8) is 0 Å². The molecule has 5 heteroatoms. The summed E-state index contributed by atoms with van der Waals surface area (Å²) >= 11 is 0. The minimum atomic E-state index is -0.347. The maximum atomic E-state index is 13.1. The van der Waals surface area contributed by atoms with E-state index >= 15 is 0 Å². The smallest absolute Gasteiger partial charge is 0.348 e. The Morgan fingerprint density at radius 3 is 2.48 bits per heavy atom. The van der Waals surface area contributed by atoms with Crippen LogP contribution in [0.2, 0.25) is 0 Å². The summed E-state index contributed by atoms with van der Waals surface area (Å²) < 4.78 is 7.05. The molecule has 0 aliphatic rings. The summed E-state index contributed by atoms with van der Waals surface area (Å²) in [5.41, 5.74) is 4.47. The number of methoxy groups -OCH3 is 1. The highest BCUT2D eigenvalue weighted by Gasteiger charge is 2.15. The third-order valence-corrected chi connectivity index (χ3v) is 5.48. The van der Waals surface area contributed by atoms with Gasteiger partial charge in [0, 0.05) is 17.5 Å². The molecule has 0 unspecified atom stereocenters. The number of ether oxygens (including phenoxy) is 1. The molecule has 0 amide bonds. The summed E-state index contributed by atoms with van der Waals surface area (Å²) in [5.74, 6) is 1.12. The van der Waals surface area contributed by atoms with Crippen LogP contribution >= 0.6 is 0 Å². The molecule has 4 aromatic rings. The Morgan fingerprint density at radius 1 is 1.06 bits per heavy atom. The number of fused-ring (bicyclic) bond motifs is 1. The number of aromatic nitrogens is 2. The van der Waals surface area contributed by atoms with Gasteiger partial charge in [0.25, 0.3) is 0 Å². The molecule has 4 rings (SSSR count). The van der Waals surface area contributed by atoms with Gasteiger partial charge in [-0.1, -0.05) is 62.4 Å². The maximum Gasteiger partial charge on any atom is 0.348 e. The zero-order valence-electron chi connectivity index (χ0n) is 17.8. The lowest BCUT2D eigenvalue weighted by Crippen LogP contribution is -2.24. The first-order valence-electron chi connectivity index (χ1n) is 10.2. The van der Waals surface area contributed by atoms with Crippen molar-refractivity contribution in [2.24, 2.45) is 0 Å². The second-order valence-electron chi connectivity index (χ2n) is 7.73. The van der Waals surface area contributed by atoms with Crippen LogP contribution in [0.4, 0.5) is 5.69 Å². The fourth-order valence-electron chi connectivity index (χ4n) is 3.71. The third-order valence-electron chi connectivity index (χ3n) is 5.48. The second-order valence-corrected chi connectivity index (χ2v) is 7.73. The monoisotopic (exact) mass is 409 g/mol. The highest BCUT2D eigenvalue weighted by molar-refractivity contribution is 5.93. The van der Waals surface area contributed by atoms with Crippen LogP contribution in [0.5, 0.6) is 5.75 Å². The van der Waals surface area contributed by atoms with E-state index in [9.17, 15) is 4.79 Å². The first kappa shape index (κ1) is 20.4. The summed E-state index contributed by atoms with van der Waals surface area (Å²) in [5, 5.41) is 0.830. The summed E-state index contributed by atoms with van der Waals surface area (Å²) in [6, 6.07) is 21.1. The van der Waals surface area contributed by atoms with Crippen LogP contribution in [-0.4, -0.2) is 16.7 Å². The predicted molar refractivity (Wildman–Crippen MR) is 124 cm³/mol. The van der Waals surface area contributed by atoms with Crippen molar-refractivity contribution in [3.8, 4) is 17.0 Å². The minimum Gasteiger partial charge on any atom is -0.497 e. The maximum absolute atomic E-state index is 13.1. The van der Waals surface area contributed by atoms with Crippen molar-refractivity contribution < 1.29 is 4.74 Å². The van der Waals surface area contributed by atoms with Gasteiger partial charge in [0.05, 0.1) is 24.9 Å². The largest absolute Gasteiger partial charge is 0.497 e. The Hall–Kier alpha value is -3.91. The van der Waals surface area contributed by atoms with E-state index in [4.69, 9.17) is 11.3 Å². The number of rotatable bonds is 5. The van der Waals surface area contributed by atoms with Gasteiger partial charge in [-0.25, -0.2) is 9.64 Å². The number of benzene rings is 3. The molecule has 31 heavy (non-hydrogen) atoms. The van der Waals surface area contributed by atoms with Gasteiger partial charge >= 0.3 is 5.69 Å². The highest BCUT2D eigenvalue weighted by Crippen LogP contribution is 2.30. The van der Waals surface area contributed by atoms with Crippen LogP contribution in [0.15, 0.2) is 71.5 Å². The molecule has 0 bridgehead atoms. The van der Waals surface area contributed by atoms with Crippen LogP contribution in [-0.2, 0) is 6.54 Å². The van der Waals surface area contributed by atoms with Gasteiger partial charge in [0.15, 0.2) is 5.69 Å². The van der Waals surface area contributed by atoms with Gasteiger partial charge in [0.1, 0.15) is 5.75 Å². The molecule has 0 saturated heterocycles. The van der Waals surface area contributed by atoms with Crippen LogP contribution < -0.4 is 10.4 Å². The fourth-order valence-corrected chi connectivity index (χ4v) is 3.71. The normalized spacial score (nSPS) is 10.9.